The Morgan fingerprint density at radius 3 is 2.94 bits per heavy atom. The summed E-state index contributed by atoms with van der Waals surface area (Å²) in [6.45, 7) is 3.50. The number of carbonyl (C=O) groups excluding carboxylic acids is 1. The predicted octanol–water partition coefficient (Wildman–Crippen LogP) is 2.76. The van der Waals surface area contributed by atoms with Crippen molar-refractivity contribution in [3.05, 3.63) is 24.1 Å². The summed E-state index contributed by atoms with van der Waals surface area (Å²) in [5.41, 5.74) is 2.27. The summed E-state index contributed by atoms with van der Waals surface area (Å²) in [4.78, 5) is 18.0. The average molecular weight is 245 g/mol. The first-order valence-corrected chi connectivity index (χ1v) is 6.15. The third-order valence-electron chi connectivity index (χ3n) is 3.14. The van der Waals surface area contributed by atoms with E-state index in [4.69, 9.17) is 4.42 Å². The molecule has 1 N–H and O–H groups in total. The van der Waals surface area contributed by atoms with E-state index < -0.39 is 0 Å². The molecule has 5 nitrogen and oxygen atoms in total. The molecule has 1 fully saturated rings. The quantitative estimate of drug-likeness (QED) is 0.840. The number of aromatic nitrogens is 1. The Labute approximate surface area is 105 Å². The minimum atomic E-state index is -0.0351. The lowest BCUT2D eigenvalue weighted by Gasteiger charge is -2.15. The Kier molecular flexibility index (Phi) is 2.66. The lowest BCUT2D eigenvalue weighted by molar-refractivity contribution is 0.222. The van der Waals surface area contributed by atoms with Gasteiger partial charge in [-0.25, -0.2) is 9.78 Å². The summed E-state index contributed by atoms with van der Waals surface area (Å²) in [6, 6.07) is 5.46. The Balaban J connectivity index is 1.79. The van der Waals surface area contributed by atoms with E-state index in [2.05, 4.69) is 10.3 Å². The number of urea groups is 1. The van der Waals surface area contributed by atoms with Crippen LogP contribution in [0.4, 0.5) is 10.5 Å². The molecule has 1 aliphatic rings. The first kappa shape index (κ1) is 11.1. The second kappa shape index (κ2) is 4.33. The van der Waals surface area contributed by atoms with Crippen molar-refractivity contribution in [3.63, 3.8) is 0 Å². The number of hydrogen-bond donors (Lipinski definition) is 1. The fourth-order valence-corrected chi connectivity index (χ4v) is 2.24. The van der Waals surface area contributed by atoms with Crippen molar-refractivity contribution in [1.29, 1.82) is 0 Å². The van der Waals surface area contributed by atoms with E-state index in [1.807, 2.05) is 30.0 Å². The lowest BCUT2D eigenvalue weighted by Crippen LogP contribution is -2.32. The van der Waals surface area contributed by atoms with E-state index in [1.165, 1.54) is 0 Å². The van der Waals surface area contributed by atoms with E-state index in [-0.39, 0.29) is 6.03 Å². The number of aryl methyl sites for hydroxylation is 1. The second-order valence-corrected chi connectivity index (χ2v) is 4.54. The van der Waals surface area contributed by atoms with Crippen molar-refractivity contribution in [1.82, 2.24) is 9.88 Å². The number of anilines is 1. The van der Waals surface area contributed by atoms with Crippen molar-refractivity contribution in [2.75, 3.05) is 18.4 Å². The van der Waals surface area contributed by atoms with E-state index in [0.717, 1.165) is 42.7 Å². The van der Waals surface area contributed by atoms with Crippen LogP contribution < -0.4 is 5.32 Å². The first-order valence-electron chi connectivity index (χ1n) is 6.15. The Bertz CT molecular complexity index is 585. The van der Waals surface area contributed by atoms with Crippen LogP contribution in [0, 0.1) is 6.92 Å². The average Bonchev–Trinajstić information content (AvgIpc) is 2.95. The molecule has 1 aliphatic heterocycles. The standard InChI is InChI=1S/C13H15N3O2/c1-9-14-11-8-10(4-5-12(11)18-9)15-13(17)16-6-2-3-7-16/h4-5,8H,2-3,6-7H2,1H3,(H,15,17). The van der Waals surface area contributed by atoms with Gasteiger partial charge in [0.1, 0.15) is 5.52 Å². The third kappa shape index (κ3) is 2.03. The van der Waals surface area contributed by atoms with Gasteiger partial charge in [0.25, 0.3) is 0 Å². The molecule has 0 unspecified atom stereocenters. The molecular weight excluding hydrogens is 230 g/mol. The Morgan fingerprint density at radius 1 is 1.39 bits per heavy atom. The van der Waals surface area contributed by atoms with E-state index in [9.17, 15) is 4.79 Å². The number of rotatable bonds is 1. The molecule has 1 saturated heterocycles. The first-order chi connectivity index (χ1) is 8.72. The SMILES string of the molecule is Cc1nc2cc(NC(=O)N3CCCC3)ccc2o1. The molecule has 0 atom stereocenters. The number of oxazole rings is 1. The summed E-state index contributed by atoms with van der Waals surface area (Å²) < 4.78 is 5.39. The fraction of sp³-hybridized carbons (Fsp3) is 0.385. The van der Waals surface area contributed by atoms with Gasteiger partial charge in [0, 0.05) is 25.7 Å². The van der Waals surface area contributed by atoms with Gasteiger partial charge in [-0.15, -0.1) is 0 Å². The van der Waals surface area contributed by atoms with Crippen LogP contribution >= 0.6 is 0 Å². The Morgan fingerprint density at radius 2 is 2.17 bits per heavy atom. The highest BCUT2D eigenvalue weighted by molar-refractivity contribution is 5.91. The maximum atomic E-state index is 11.9. The van der Waals surface area contributed by atoms with Crippen LogP contribution in [0.5, 0.6) is 0 Å². The summed E-state index contributed by atoms with van der Waals surface area (Å²) in [6.07, 6.45) is 2.18. The van der Waals surface area contributed by atoms with Crippen molar-refractivity contribution in [3.8, 4) is 0 Å². The zero-order valence-electron chi connectivity index (χ0n) is 10.3. The lowest BCUT2D eigenvalue weighted by atomic mass is 10.3. The van der Waals surface area contributed by atoms with Crippen LogP contribution in [-0.2, 0) is 0 Å². The summed E-state index contributed by atoms with van der Waals surface area (Å²) in [5.74, 6) is 0.632. The van der Waals surface area contributed by atoms with Crippen LogP contribution in [0.2, 0.25) is 0 Å². The minimum Gasteiger partial charge on any atom is -0.441 e. The highest BCUT2D eigenvalue weighted by Crippen LogP contribution is 2.20. The van der Waals surface area contributed by atoms with Crippen LogP contribution in [0.25, 0.3) is 11.1 Å². The molecule has 5 heteroatoms. The molecule has 2 heterocycles. The molecule has 18 heavy (non-hydrogen) atoms. The number of hydrogen-bond acceptors (Lipinski definition) is 3. The molecule has 1 aromatic heterocycles. The molecule has 94 valence electrons. The number of amides is 2. The smallest absolute Gasteiger partial charge is 0.321 e. The molecule has 3 rings (SSSR count). The normalized spacial score (nSPS) is 15.3. The maximum Gasteiger partial charge on any atom is 0.321 e. The van der Waals surface area contributed by atoms with Crippen molar-refractivity contribution in [2.45, 2.75) is 19.8 Å². The molecule has 0 saturated carbocycles. The van der Waals surface area contributed by atoms with Gasteiger partial charge < -0.3 is 14.6 Å². The highest BCUT2D eigenvalue weighted by atomic mass is 16.3. The Hall–Kier alpha value is -2.04. The molecule has 0 spiro atoms. The van der Waals surface area contributed by atoms with E-state index >= 15 is 0 Å². The molecule has 1 aromatic carbocycles. The number of carbonyl (C=O) groups is 1. The number of nitrogens with zero attached hydrogens (tertiary/aromatic N) is 2. The van der Waals surface area contributed by atoms with Crippen molar-refractivity contribution < 1.29 is 9.21 Å². The molecule has 2 aromatic rings. The van der Waals surface area contributed by atoms with Gasteiger partial charge in [-0.2, -0.15) is 0 Å². The summed E-state index contributed by atoms with van der Waals surface area (Å²) >= 11 is 0. The van der Waals surface area contributed by atoms with E-state index in [1.54, 1.807) is 0 Å². The third-order valence-corrected chi connectivity index (χ3v) is 3.14. The molecule has 0 aliphatic carbocycles. The van der Waals surface area contributed by atoms with Crippen LogP contribution in [0.3, 0.4) is 0 Å². The number of likely N-dealkylation sites (tertiary alicyclic amines) is 1. The van der Waals surface area contributed by atoms with Crippen LogP contribution in [0.1, 0.15) is 18.7 Å². The van der Waals surface area contributed by atoms with Gasteiger partial charge in [0.2, 0.25) is 0 Å². The van der Waals surface area contributed by atoms with Crippen LogP contribution in [-0.4, -0.2) is 29.0 Å². The van der Waals surface area contributed by atoms with Crippen molar-refractivity contribution >= 4 is 22.8 Å². The van der Waals surface area contributed by atoms with Crippen LogP contribution in [0.15, 0.2) is 22.6 Å². The van der Waals surface area contributed by atoms with Gasteiger partial charge in [-0.05, 0) is 31.0 Å². The largest absolute Gasteiger partial charge is 0.441 e. The molecule has 2 amide bonds. The van der Waals surface area contributed by atoms with Crippen molar-refractivity contribution in [2.24, 2.45) is 0 Å². The van der Waals surface area contributed by atoms with Gasteiger partial charge in [0.15, 0.2) is 11.5 Å². The topological polar surface area (TPSA) is 58.4 Å². The number of fused-ring (bicyclic) bond motifs is 1. The summed E-state index contributed by atoms with van der Waals surface area (Å²) in [7, 11) is 0. The highest BCUT2D eigenvalue weighted by Gasteiger charge is 2.17. The van der Waals surface area contributed by atoms with Gasteiger partial charge in [0.05, 0.1) is 0 Å². The zero-order valence-corrected chi connectivity index (χ0v) is 10.3. The predicted molar refractivity (Wildman–Crippen MR) is 68.6 cm³/mol. The van der Waals surface area contributed by atoms with Gasteiger partial charge >= 0.3 is 6.03 Å². The second-order valence-electron chi connectivity index (χ2n) is 4.54. The van der Waals surface area contributed by atoms with Gasteiger partial charge in [-0.3, -0.25) is 0 Å². The molecular formula is C13H15N3O2. The monoisotopic (exact) mass is 245 g/mol. The minimum absolute atomic E-state index is 0.0351. The molecule has 0 bridgehead atoms. The fourth-order valence-electron chi connectivity index (χ4n) is 2.24. The maximum absolute atomic E-state index is 11.9. The van der Waals surface area contributed by atoms with Gasteiger partial charge in [-0.1, -0.05) is 0 Å². The number of nitrogens with one attached hydrogen (secondary N) is 1. The number of benzene rings is 1. The zero-order chi connectivity index (χ0) is 12.5. The summed E-state index contributed by atoms with van der Waals surface area (Å²) in [5, 5.41) is 2.89. The molecule has 0 radical (unpaired) electrons. The van der Waals surface area contributed by atoms with E-state index in [0.29, 0.717) is 5.89 Å².